The molecule has 0 radical (unpaired) electrons. The fourth-order valence-corrected chi connectivity index (χ4v) is 4.49. The molecule has 4 rings (SSSR count). The van der Waals surface area contributed by atoms with Crippen molar-refractivity contribution >= 4 is 29.1 Å². The molecule has 0 aliphatic carbocycles. The quantitative estimate of drug-likeness (QED) is 0.373. The number of likely N-dealkylation sites (tertiary alicyclic amines) is 1. The lowest BCUT2D eigenvalue weighted by Gasteiger charge is -2.47. The number of carbonyl (C=O) groups excluding carboxylic acids is 1. The number of para-hydroxylation sites is 1. The van der Waals surface area contributed by atoms with Crippen LogP contribution < -0.4 is 14.2 Å². The number of methoxy groups -OCH3 is 2. The Hall–Kier alpha value is -2.89. The number of rotatable bonds is 8. The van der Waals surface area contributed by atoms with Crippen LogP contribution in [0.4, 0.5) is 0 Å². The molecular formula is C26H25Cl2NO4. The van der Waals surface area contributed by atoms with Crippen LogP contribution >= 0.6 is 23.2 Å². The molecule has 172 valence electrons. The van der Waals surface area contributed by atoms with E-state index in [9.17, 15) is 4.79 Å². The Morgan fingerprint density at radius 3 is 2.39 bits per heavy atom. The van der Waals surface area contributed by atoms with Crippen LogP contribution in [0.3, 0.4) is 0 Å². The fourth-order valence-electron chi connectivity index (χ4n) is 4.07. The highest BCUT2D eigenvalue weighted by molar-refractivity contribution is 6.42. The zero-order chi connectivity index (χ0) is 23.5. The number of halogens is 2. The summed E-state index contributed by atoms with van der Waals surface area (Å²) in [6, 6.07) is 18.5. The van der Waals surface area contributed by atoms with Crippen LogP contribution in [-0.4, -0.2) is 37.7 Å². The first-order valence-electron chi connectivity index (χ1n) is 10.6. The van der Waals surface area contributed by atoms with Gasteiger partial charge in [0.2, 0.25) is 6.10 Å². The Kier molecular flexibility index (Phi) is 7.01. The average Bonchev–Trinajstić information content (AvgIpc) is 2.83. The molecule has 33 heavy (non-hydrogen) atoms. The van der Waals surface area contributed by atoms with Gasteiger partial charge in [0.25, 0.3) is 5.91 Å². The van der Waals surface area contributed by atoms with Gasteiger partial charge >= 0.3 is 0 Å². The summed E-state index contributed by atoms with van der Waals surface area (Å²) in [6.07, 6.45) is -0.0369. The first-order chi connectivity index (χ1) is 15.9. The van der Waals surface area contributed by atoms with Gasteiger partial charge in [-0.05, 0) is 54.3 Å². The zero-order valence-electron chi connectivity index (χ0n) is 18.7. The number of ether oxygens (including phenoxy) is 3. The second kappa shape index (κ2) is 9.94. The fraction of sp³-hybridized carbons (Fsp3) is 0.269. The lowest BCUT2D eigenvalue weighted by molar-refractivity contribution is -0.164. The van der Waals surface area contributed by atoms with Crippen molar-refractivity contribution in [2.45, 2.75) is 25.5 Å². The van der Waals surface area contributed by atoms with E-state index >= 15 is 0 Å². The number of hydrogen-bond acceptors (Lipinski definition) is 4. The molecule has 1 heterocycles. The maximum Gasteiger partial charge on any atom is 0.266 e. The van der Waals surface area contributed by atoms with Crippen molar-refractivity contribution in [3.05, 3.63) is 87.4 Å². The lowest BCUT2D eigenvalue weighted by Crippen LogP contribution is -2.61. The third-order valence-electron chi connectivity index (χ3n) is 5.89. The predicted octanol–water partition coefficient (Wildman–Crippen LogP) is 5.89. The Morgan fingerprint density at radius 2 is 1.67 bits per heavy atom. The third-order valence-corrected chi connectivity index (χ3v) is 6.72. The predicted molar refractivity (Wildman–Crippen MR) is 130 cm³/mol. The summed E-state index contributed by atoms with van der Waals surface area (Å²) in [5.41, 5.74) is 2.76. The van der Waals surface area contributed by atoms with E-state index in [0.29, 0.717) is 40.3 Å². The van der Waals surface area contributed by atoms with Gasteiger partial charge in [-0.2, -0.15) is 0 Å². The summed E-state index contributed by atoms with van der Waals surface area (Å²) in [5.74, 6) is 1.91. The molecule has 0 spiro atoms. The number of aryl methyl sites for hydroxylation is 1. The Labute approximate surface area is 203 Å². The molecule has 0 N–H and O–H groups in total. The molecule has 1 fully saturated rings. The zero-order valence-corrected chi connectivity index (χ0v) is 20.2. The van der Waals surface area contributed by atoms with Crippen LogP contribution in [0.15, 0.2) is 60.7 Å². The van der Waals surface area contributed by atoms with Gasteiger partial charge in [-0.3, -0.25) is 4.79 Å². The summed E-state index contributed by atoms with van der Waals surface area (Å²) in [6.45, 7) is 2.45. The maximum atomic E-state index is 13.2. The summed E-state index contributed by atoms with van der Waals surface area (Å²) < 4.78 is 16.9. The SMILES string of the molecule is COc1ccc(CCN2C(=O)[C@H](Oc3ccccc3C)[C@@H]2c2cccc(Cl)c2Cl)cc1OC. The van der Waals surface area contributed by atoms with Gasteiger partial charge in [-0.1, -0.05) is 59.6 Å². The van der Waals surface area contributed by atoms with E-state index in [-0.39, 0.29) is 11.9 Å². The van der Waals surface area contributed by atoms with Gasteiger partial charge in [-0.25, -0.2) is 0 Å². The van der Waals surface area contributed by atoms with Gasteiger partial charge in [0.15, 0.2) is 11.5 Å². The van der Waals surface area contributed by atoms with Crippen LogP contribution in [0.25, 0.3) is 0 Å². The number of hydrogen-bond donors (Lipinski definition) is 0. The Balaban J connectivity index is 1.59. The molecule has 1 aliphatic rings. The van der Waals surface area contributed by atoms with Gasteiger partial charge in [0, 0.05) is 6.54 Å². The van der Waals surface area contributed by atoms with Gasteiger partial charge in [0.1, 0.15) is 11.8 Å². The van der Waals surface area contributed by atoms with E-state index in [1.807, 2.05) is 61.5 Å². The maximum absolute atomic E-state index is 13.2. The van der Waals surface area contributed by atoms with Crippen molar-refractivity contribution in [2.24, 2.45) is 0 Å². The number of nitrogens with zero attached hydrogens (tertiary/aromatic N) is 1. The summed E-state index contributed by atoms with van der Waals surface area (Å²) in [4.78, 5) is 15.0. The van der Waals surface area contributed by atoms with E-state index in [1.54, 1.807) is 25.2 Å². The largest absolute Gasteiger partial charge is 0.493 e. The highest BCUT2D eigenvalue weighted by Gasteiger charge is 2.50. The van der Waals surface area contributed by atoms with E-state index in [1.165, 1.54) is 0 Å². The summed E-state index contributed by atoms with van der Waals surface area (Å²) in [5, 5.41) is 0.883. The lowest BCUT2D eigenvalue weighted by atomic mass is 9.89. The molecular weight excluding hydrogens is 461 g/mol. The van der Waals surface area contributed by atoms with Crippen molar-refractivity contribution in [2.75, 3.05) is 20.8 Å². The molecule has 1 aliphatic heterocycles. The molecule has 7 heteroatoms. The highest BCUT2D eigenvalue weighted by atomic mass is 35.5. The summed E-state index contributed by atoms with van der Waals surface area (Å²) in [7, 11) is 3.20. The minimum absolute atomic E-state index is 0.0835. The van der Waals surface area contributed by atoms with Crippen molar-refractivity contribution in [3.63, 3.8) is 0 Å². The molecule has 3 aromatic rings. The number of benzene rings is 3. The minimum Gasteiger partial charge on any atom is -0.493 e. The molecule has 1 saturated heterocycles. The van der Waals surface area contributed by atoms with Gasteiger partial charge < -0.3 is 19.1 Å². The first-order valence-corrected chi connectivity index (χ1v) is 11.4. The van der Waals surface area contributed by atoms with E-state index in [4.69, 9.17) is 37.4 Å². The van der Waals surface area contributed by atoms with Crippen molar-refractivity contribution < 1.29 is 19.0 Å². The molecule has 0 unspecified atom stereocenters. The Morgan fingerprint density at radius 1 is 0.909 bits per heavy atom. The smallest absolute Gasteiger partial charge is 0.266 e. The van der Waals surface area contributed by atoms with Gasteiger partial charge in [0.05, 0.1) is 24.3 Å². The van der Waals surface area contributed by atoms with E-state index in [2.05, 4.69) is 0 Å². The molecule has 1 amide bonds. The average molecular weight is 486 g/mol. The molecule has 0 aromatic heterocycles. The number of carbonyl (C=O) groups is 1. The molecule has 0 bridgehead atoms. The third kappa shape index (κ3) is 4.61. The second-order valence-corrected chi connectivity index (χ2v) is 8.65. The molecule has 2 atom stereocenters. The van der Waals surface area contributed by atoms with Gasteiger partial charge in [-0.15, -0.1) is 0 Å². The molecule has 3 aromatic carbocycles. The normalized spacial score (nSPS) is 17.5. The van der Waals surface area contributed by atoms with Crippen molar-refractivity contribution in [1.29, 1.82) is 0 Å². The number of β-lactam (4-membered cyclic amide) rings is 1. The monoisotopic (exact) mass is 485 g/mol. The van der Waals surface area contributed by atoms with Crippen LogP contribution in [0.2, 0.25) is 10.0 Å². The second-order valence-electron chi connectivity index (χ2n) is 7.86. The van der Waals surface area contributed by atoms with Crippen LogP contribution in [0.5, 0.6) is 17.2 Å². The molecule has 5 nitrogen and oxygen atoms in total. The van der Waals surface area contributed by atoms with Crippen LogP contribution in [0, 0.1) is 6.92 Å². The topological polar surface area (TPSA) is 48.0 Å². The van der Waals surface area contributed by atoms with E-state index in [0.717, 1.165) is 16.7 Å². The molecule has 0 saturated carbocycles. The highest BCUT2D eigenvalue weighted by Crippen LogP contribution is 2.43. The van der Waals surface area contributed by atoms with Crippen LogP contribution in [0.1, 0.15) is 22.7 Å². The van der Waals surface area contributed by atoms with Crippen molar-refractivity contribution in [3.8, 4) is 17.2 Å². The van der Waals surface area contributed by atoms with Crippen molar-refractivity contribution in [1.82, 2.24) is 4.90 Å². The Bertz CT molecular complexity index is 1170. The van der Waals surface area contributed by atoms with E-state index < -0.39 is 6.10 Å². The first kappa shape index (κ1) is 23.3. The van der Waals surface area contributed by atoms with Crippen LogP contribution in [-0.2, 0) is 11.2 Å². The standard InChI is InChI=1S/C26H25Cl2NO4/c1-16-7-4-5-10-20(16)33-25-24(18-8-6-9-19(27)23(18)28)29(26(25)30)14-13-17-11-12-21(31-2)22(15-17)32-3/h4-12,15,24-25H,13-14H2,1-3H3/t24-,25+/m0/s1. The summed E-state index contributed by atoms with van der Waals surface area (Å²) >= 11 is 12.8. The minimum atomic E-state index is -0.674. The number of amides is 1.